The Hall–Kier alpha value is -3.07. The maximum atomic E-state index is 12.7. The maximum absolute atomic E-state index is 12.7. The molecule has 2 heterocycles. The minimum atomic E-state index is -1.42. The molecule has 26 heavy (non-hydrogen) atoms. The van der Waals surface area contributed by atoms with Gasteiger partial charge in [0.05, 0.1) is 12.3 Å². The standard InChI is InChI=1S/C16H14ClN5O4/c1-3-26-16(25)13(9(2)23)21-8-18-14-12(15(21)24)19-20-22(14)11-6-4-10(17)5-7-11/h4-8,13H,3H2,1-2H3/t13-/m1/s1. The van der Waals surface area contributed by atoms with Crippen molar-refractivity contribution in [2.45, 2.75) is 19.9 Å². The molecule has 1 atom stereocenters. The molecule has 0 spiro atoms. The number of hydrogen-bond donors (Lipinski definition) is 0. The van der Waals surface area contributed by atoms with Gasteiger partial charge in [0.25, 0.3) is 5.56 Å². The number of halogens is 1. The molecule has 3 rings (SSSR count). The van der Waals surface area contributed by atoms with E-state index in [9.17, 15) is 14.4 Å². The van der Waals surface area contributed by atoms with Crippen LogP contribution in [0.2, 0.25) is 5.02 Å². The number of carbonyl (C=O) groups is 2. The maximum Gasteiger partial charge on any atom is 0.337 e. The second kappa shape index (κ2) is 7.04. The average molecular weight is 376 g/mol. The molecule has 0 radical (unpaired) electrons. The summed E-state index contributed by atoms with van der Waals surface area (Å²) < 4.78 is 7.14. The molecule has 0 bridgehead atoms. The van der Waals surface area contributed by atoms with Gasteiger partial charge in [0, 0.05) is 5.02 Å². The lowest BCUT2D eigenvalue weighted by Crippen LogP contribution is -2.35. The molecule has 1 aromatic carbocycles. The molecule has 0 amide bonds. The van der Waals surface area contributed by atoms with E-state index in [2.05, 4.69) is 15.3 Å². The molecule has 3 aromatic rings. The number of hydrogen-bond acceptors (Lipinski definition) is 7. The SMILES string of the molecule is CCOC(=O)[C@@H](C(C)=O)n1cnc2c(nnn2-c2ccc(Cl)cc2)c1=O. The van der Waals surface area contributed by atoms with Crippen molar-refractivity contribution in [3.8, 4) is 5.69 Å². The molecule has 0 unspecified atom stereocenters. The molecule has 0 aliphatic heterocycles. The Morgan fingerprint density at radius 1 is 1.27 bits per heavy atom. The normalized spacial score (nSPS) is 12.1. The number of fused-ring (bicyclic) bond motifs is 1. The highest BCUT2D eigenvalue weighted by molar-refractivity contribution is 6.30. The fraction of sp³-hybridized carbons (Fsp3) is 0.250. The van der Waals surface area contributed by atoms with Crippen LogP contribution < -0.4 is 5.56 Å². The van der Waals surface area contributed by atoms with Gasteiger partial charge in [-0.05, 0) is 38.1 Å². The molecular formula is C16H14ClN5O4. The summed E-state index contributed by atoms with van der Waals surface area (Å²) in [5.74, 6) is -1.37. The summed E-state index contributed by atoms with van der Waals surface area (Å²) in [6, 6.07) is 5.30. The Bertz CT molecular complexity index is 1040. The second-order valence-electron chi connectivity index (χ2n) is 5.37. The van der Waals surface area contributed by atoms with E-state index in [-0.39, 0.29) is 17.8 Å². The lowest BCUT2D eigenvalue weighted by molar-refractivity contribution is -0.150. The number of nitrogens with zero attached hydrogens (tertiary/aromatic N) is 5. The number of carbonyl (C=O) groups excluding carboxylic acids is 2. The Balaban J connectivity index is 2.13. The summed E-state index contributed by atoms with van der Waals surface area (Å²) in [4.78, 5) is 40.8. The van der Waals surface area contributed by atoms with Crippen LogP contribution in [0.5, 0.6) is 0 Å². The van der Waals surface area contributed by atoms with Crippen LogP contribution in [0.3, 0.4) is 0 Å². The fourth-order valence-electron chi connectivity index (χ4n) is 2.46. The zero-order chi connectivity index (χ0) is 18.8. The van der Waals surface area contributed by atoms with E-state index in [4.69, 9.17) is 16.3 Å². The fourth-order valence-corrected chi connectivity index (χ4v) is 2.59. The lowest BCUT2D eigenvalue weighted by Gasteiger charge is -2.14. The van der Waals surface area contributed by atoms with Crippen molar-refractivity contribution in [3.63, 3.8) is 0 Å². The smallest absolute Gasteiger partial charge is 0.337 e. The van der Waals surface area contributed by atoms with Gasteiger partial charge in [-0.15, -0.1) is 5.10 Å². The number of esters is 1. The van der Waals surface area contributed by atoms with Crippen LogP contribution in [0, 0.1) is 0 Å². The van der Waals surface area contributed by atoms with E-state index in [1.807, 2.05) is 0 Å². The number of benzene rings is 1. The van der Waals surface area contributed by atoms with Crippen LogP contribution in [0.25, 0.3) is 16.9 Å². The van der Waals surface area contributed by atoms with E-state index < -0.39 is 23.4 Å². The van der Waals surface area contributed by atoms with Gasteiger partial charge in [0.2, 0.25) is 0 Å². The van der Waals surface area contributed by atoms with Gasteiger partial charge in [0.1, 0.15) is 6.33 Å². The molecule has 0 aliphatic carbocycles. The monoisotopic (exact) mass is 375 g/mol. The van der Waals surface area contributed by atoms with Gasteiger partial charge >= 0.3 is 5.97 Å². The summed E-state index contributed by atoms with van der Waals surface area (Å²) in [6.07, 6.45) is 1.11. The number of ketones is 1. The van der Waals surface area contributed by atoms with Crippen LogP contribution in [-0.2, 0) is 14.3 Å². The Morgan fingerprint density at radius 3 is 2.58 bits per heavy atom. The molecule has 0 aliphatic rings. The van der Waals surface area contributed by atoms with Gasteiger partial charge in [-0.25, -0.2) is 9.78 Å². The highest BCUT2D eigenvalue weighted by Crippen LogP contribution is 2.16. The minimum Gasteiger partial charge on any atom is -0.464 e. The Kier molecular flexibility index (Phi) is 4.81. The zero-order valence-electron chi connectivity index (χ0n) is 13.9. The quantitative estimate of drug-likeness (QED) is 0.488. The number of rotatable bonds is 5. The average Bonchev–Trinajstić information content (AvgIpc) is 3.03. The first-order valence-corrected chi connectivity index (χ1v) is 8.07. The second-order valence-corrected chi connectivity index (χ2v) is 5.81. The van der Waals surface area contributed by atoms with Crippen LogP contribution in [-0.4, -0.2) is 42.9 Å². The largest absolute Gasteiger partial charge is 0.464 e. The van der Waals surface area contributed by atoms with Gasteiger partial charge in [-0.3, -0.25) is 14.2 Å². The summed E-state index contributed by atoms with van der Waals surface area (Å²) in [6.45, 7) is 2.89. The van der Waals surface area contributed by atoms with Crippen molar-refractivity contribution >= 4 is 34.5 Å². The number of aromatic nitrogens is 5. The Morgan fingerprint density at radius 2 is 1.96 bits per heavy atom. The van der Waals surface area contributed by atoms with Crippen LogP contribution in [0.4, 0.5) is 0 Å². The van der Waals surface area contributed by atoms with Gasteiger partial charge in [0.15, 0.2) is 23.0 Å². The Labute approximate surface area is 152 Å². The van der Waals surface area contributed by atoms with E-state index in [1.165, 1.54) is 11.6 Å². The summed E-state index contributed by atoms with van der Waals surface area (Å²) >= 11 is 5.87. The number of Topliss-reactive ketones (excluding diaryl/α,β-unsaturated/α-hetero) is 1. The minimum absolute atomic E-state index is 0.0713. The predicted octanol–water partition coefficient (Wildman–Crippen LogP) is 1.32. The molecule has 0 saturated heterocycles. The molecule has 0 saturated carbocycles. The van der Waals surface area contributed by atoms with Crippen molar-refractivity contribution in [2.75, 3.05) is 6.61 Å². The van der Waals surface area contributed by atoms with E-state index in [0.29, 0.717) is 10.7 Å². The molecule has 134 valence electrons. The summed E-state index contributed by atoms with van der Waals surface area (Å²) in [5, 5.41) is 8.32. The first-order valence-electron chi connectivity index (χ1n) is 7.69. The molecule has 0 fully saturated rings. The third-order valence-corrected chi connectivity index (χ3v) is 3.88. The molecular weight excluding hydrogens is 362 g/mol. The first kappa shape index (κ1) is 17.7. The van der Waals surface area contributed by atoms with E-state index in [0.717, 1.165) is 10.9 Å². The van der Waals surface area contributed by atoms with Crippen LogP contribution in [0.1, 0.15) is 19.9 Å². The highest BCUT2D eigenvalue weighted by Gasteiger charge is 2.29. The van der Waals surface area contributed by atoms with Crippen molar-refractivity contribution < 1.29 is 14.3 Å². The molecule has 9 nitrogen and oxygen atoms in total. The topological polar surface area (TPSA) is 109 Å². The van der Waals surface area contributed by atoms with Crippen molar-refractivity contribution in [1.29, 1.82) is 0 Å². The lowest BCUT2D eigenvalue weighted by atomic mass is 10.2. The molecule has 0 N–H and O–H groups in total. The van der Waals surface area contributed by atoms with E-state index in [1.54, 1.807) is 31.2 Å². The summed E-state index contributed by atoms with van der Waals surface area (Å²) in [5.41, 5.74) is 0.0660. The van der Waals surface area contributed by atoms with Crippen molar-refractivity contribution in [2.24, 2.45) is 0 Å². The first-order chi connectivity index (χ1) is 12.4. The van der Waals surface area contributed by atoms with Gasteiger partial charge < -0.3 is 4.74 Å². The third-order valence-electron chi connectivity index (χ3n) is 3.63. The molecule has 2 aromatic heterocycles. The zero-order valence-corrected chi connectivity index (χ0v) is 14.7. The molecule has 10 heteroatoms. The van der Waals surface area contributed by atoms with Gasteiger partial charge in [-0.2, -0.15) is 4.68 Å². The predicted molar refractivity (Wildman–Crippen MR) is 92.3 cm³/mol. The van der Waals surface area contributed by atoms with Crippen LogP contribution in [0.15, 0.2) is 35.4 Å². The van der Waals surface area contributed by atoms with E-state index >= 15 is 0 Å². The van der Waals surface area contributed by atoms with Crippen molar-refractivity contribution in [1.82, 2.24) is 24.5 Å². The van der Waals surface area contributed by atoms with Crippen LogP contribution >= 0.6 is 11.6 Å². The number of ether oxygens (including phenoxy) is 1. The summed E-state index contributed by atoms with van der Waals surface area (Å²) in [7, 11) is 0. The van der Waals surface area contributed by atoms with Gasteiger partial charge in [-0.1, -0.05) is 16.8 Å². The van der Waals surface area contributed by atoms with Crippen molar-refractivity contribution in [3.05, 3.63) is 46.0 Å². The third kappa shape index (κ3) is 3.08. The highest BCUT2D eigenvalue weighted by atomic mass is 35.5.